The predicted octanol–water partition coefficient (Wildman–Crippen LogP) is 0.244. The smallest absolute Gasteiger partial charge is 0.192 e. The molecule has 2 aliphatic rings. The third-order valence-electron chi connectivity index (χ3n) is 4.24. The van der Waals surface area contributed by atoms with E-state index in [9.17, 15) is 0 Å². The third-order valence-corrected chi connectivity index (χ3v) is 4.24. The van der Waals surface area contributed by atoms with Crippen molar-refractivity contribution in [1.82, 2.24) is 14.9 Å². The summed E-state index contributed by atoms with van der Waals surface area (Å²) in [6.07, 6.45) is 5.70. The number of nitrogens with two attached hydrogens (primary N) is 1. The zero-order chi connectivity index (χ0) is 14.1. The summed E-state index contributed by atoms with van der Waals surface area (Å²) >= 11 is 0. The van der Waals surface area contributed by atoms with Crippen LogP contribution in [0.15, 0.2) is 17.5 Å². The molecule has 0 spiro atoms. The minimum Gasteiger partial charge on any atom is -0.409 e. The van der Waals surface area contributed by atoms with Crippen molar-refractivity contribution in [2.24, 2.45) is 10.9 Å². The van der Waals surface area contributed by atoms with Gasteiger partial charge in [0.15, 0.2) is 17.3 Å². The van der Waals surface area contributed by atoms with E-state index in [0.29, 0.717) is 23.6 Å². The molecule has 2 atom stereocenters. The van der Waals surface area contributed by atoms with Crippen molar-refractivity contribution in [3.8, 4) is 0 Å². The van der Waals surface area contributed by atoms with E-state index in [-0.39, 0.29) is 5.84 Å². The second kappa shape index (κ2) is 5.24. The fourth-order valence-electron chi connectivity index (χ4n) is 3.25. The van der Waals surface area contributed by atoms with Gasteiger partial charge in [0, 0.05) is 37.6 Å². The minimum absolute atomic E-state index is 0.00847. The standard InChI is InChI=1S/C13H20N6O/c1-9-7-18-6-2-3-10(18)8-19(9)13-11(12(14)17-20)15-4-5-16-13/h4-5,9-10,20H,2-3,6-8H2,1H3,(H2,14,17). The summed E-state index contributed by atoms with van der Waals surface area (Å²) < 4.78 is 0. The molecular formula is C13H20N6O. The van der Waals surface area contributed by atoms with Crippen molar-refractivity contribution in [2.75, 3.05) is 24.5 Å². The van der Waals surface area contributed by atoms with Crippen molar-refractivity contribution in [2.45, 2.75) is 31.8 Å². The molecule has 1 aromatic heterocycles. The van der Waals surface area contributed by atoms with Gasteiger partial charge < -0.3 is 15.8 Å². The van der Waals surface area contributed by atoms with Gasteiger partial charge in [-0.15, -0.1) is 0 Å². The summed E-state index contributed by atoms with van der Waals surface area (Å²) in [6, 6.07) is 0.916. The second-order valence-corrected chi connectivity index (χ2v) is 5.51. The fraction of sp³-hybridized carbons (Fsp3) is 0.615. The highest BCUT2D eigenvalue weighted by atomic mass is 16.4. The van der Waals surface area contributed by atoms with E-state index in [1.807, 2.05) is 0 Å². The molecule has 2 fully saturated rings. The van der Waals surface area contributed by atoms with Crippen LogP contribution in [-0.4, -0.2) is 57.6 Å². The predicted molar refractivity (Wildman–Crippen MR) is 75.9 cm³/mol. The van der Waals surface area contributed by atoms with Crippen LogP contribution >= 0.6 is 0 Å². The SMILES string of the molecule is CC1CN2CCCC2CN1c1nccnc1C(N)=NO. The normalized spacial score (nSPS) is 27.6. The van der Waals surface area contributed by atoms with Gasteiger partial charge in [0.25, 0.3) is 0 Å². The number of nitrogens with zero attached hydrogens (tertiary/aromatic N) is 5. The lowest BCUT2D eigenvalue weighted by Gasteiger charge is -2.43. The summed E-state index contributed by atoms with van der Waals surface area (Å²) in [5.41, 5.74) is 6.17. The molecule has 7 heteroatoms. The van der Waals surface area contributed by atoms with Crippen LogP contribution in [0.1, 0.15) is 25.5 Å². The summed E-state index contributed by atoms with van der Waals surface area (Å²) in [6.45, 7) is 5.32. The molecule has 1 aromatic rings. The van der Waals surface area contributed by atoms with Crippen LogP contribution in [0.25, 0.3) is 0 Å². The number of anilines is 1. The molecule has 3 N–H and O–H groups in total. The Balaban J connectivity index is 1.92. The van der Waals surface area contributed by atoms with Gasteiger partial charge in [-0.05, 0) is 26.3 Å². The van der Waals surface area contributed by atoms with Crippen LogP contribution < -0.4 is 10.6 Å². The first-order valence-corrected chi connectivity index (χ1v) is 7.00. The van der Waals surface area contributed by atoms with E-state index in [1.54, 1.807) is 12.4 Å². The number of fused-ring (bicyclic) bond motifs is 1. The van der Waals surface area contributed by atoms with Gasteiger partial charge in [-0.1, -0.05) is 5.16 Å². The molecule has 2 aliphatic heterocycles. The first kappa shape index (κ1) is 13.1. The molecule has 3 heterocycles. The summed E-state index contributed by atoms with van der Waals surface area (Å²) in [5.74, 6) is 0.719. The summed E-state index contributed by atoms with van der Waals surface area (Å²) in [7, 11) is 0. The van der Waals surface area contributed by atoms with Crippen LogP contribution in [-0.2, 0) is 0 Å². The number of hydrogen-bond donors (Lipinski definition) is 2. The molecule has 20 heavy (non-hydrogen) atoms. The third kappa shape index (κ3) is 2.18. The van der Waals surface area contributed by atoms with Crippen molar-refractivity contribution in [3.05, 3.63) is 18.1 Å². The Bertz CT molecular complexity index is 519. The Kier molecular flexibility index (Phi) is 3.43. The van der Waals surface area contributed by atoms with Crippen molar-refractivity contribution >= 4 is 11.7 Å². The molecule has 0 radical (unpaired) electrons. The van der Waals surface area contributed by atoms with E-state index in [1.165, 1.54) is 19.4 Å². The van der Waals surface area contributed by atoms with Crippen LogP contribution in [0.4, 0.5) is 5.82 Å². The molecule has 0 amide bonds. The molecular weight excluding hydrogens is 256 g/mol. The monoisotopic (exact) mass is 276 g/mol. The lowest BCUT2D eigenvalue weighted by Crippen LogP contribution is -2.55. The molecule has 0 aliphatic carbocycles. The number of aromatic nitrogens is 2. The minimum atomic E-state index is 0.00847. The maximum absolute atomic E-state index is 8.90. The van der Waals surface area contributed by atoms with Crippen molar-refractivity contribution in [1.29, 1.82) is 0 Å². The number of hydrogen-bond acceptors (Lipinski definition) is 6. The van der Waals surface area contributed by atoms with E-state index in [2.05, 4.69) is 31.8 Å². The topological polar surface area (TPSA) is 90.9 Å². The Morgan fingerprint density at radius 2 is 2.20 bits per heavy atom. The van der Waals surface area contributed by atoms with Gasteiger partial charge >= 0.3 is 0 Å². The van der Waals surface area contributed by atoms with Crippen LogP contribution in [0.2, 0.25) is 0 Å². The largest absolute Gasteiger partial charge is 0.409 e. The Morgan fingerprint density at radius 1 is 1.40 bits per heavy atom. The molecule has 3 rings (SSSR count). The first-order valence-electron chi connectivity index (χ1n) is 7.00. The molecule has 108 valence electrons. The molecule has 7 nitrogen and oxygen atoms in total. The number of amidine groups is 1. The van der Waals surface area contributed by atoms with Crippen molar-refractivity contribution in [3.63, 3.8) is 0 Å². The molecule has 2 unspecified atom stereocenters. The second-order valence-electron chi connectivity index (χ2n) is 5.51. The highest BCUT2D eigenvalue weighted by Gasteiger charge is 2.36. The maximum Gasteiger partial charge on any atom is 0.192 e. The van der Waals surface area contributed by atoms with Crippen LogP contribution in [0.3, 0.4) is 0 Å². The van der Waals surface area contributed by atoms with Gasteiger partial charge in [-0.25, -0.2) is 9.97 Å². The Hall–Kier alpha value is -1.89. The first-order chi connectivity index (χ1) is 9.70. The molecule has 2 saturated heterocycles. The Morgan fingerprint density at radius 3 is 3.00 bits per heavy atom. The number of rotatable bonds is 2. The summed E-state index contributed by atoms with van der Waals surface area (Å²) in [4.78, 5) is 13.4. The molecule has 0 bridgehead atoms. The van der Waals surface area contributed by atoms with Crippen LogP contribution in [0.5, 0.6) is 0 Å². The lowest BCUT2D eigenvalue weighted by atomic mass is 10.1. The Labute approximate surface area is 118 Å². The average Bonchev–Trinajstić information content (AvgIpc) is 2.92. The quantitative estimate of drug-likeness (QED) is 0.348. The van der Waals surface area contributed by atoms with Gasteiger partial charge in [0.1, 0.15) is 0 Å². The van der Waals surface area contributed by atoms with Gasteiger partial charge in [-0.2, -0.15) is 0 Å². The van der Waals surface area contributed by atoms with E-state index in [0.717, 1.165) is 13.1 Å². The van der Waals surface area contributed by atoms with Crippen LogP contribution in [0, 0.1) is 0 Å². The zero-order valence-electron chi connectivity index (χ0n) is 11.6. The highest BCUT2D eigenvalue weighted by molar-refractivity contribution is 5.99. The van der Waals surface area contributed by atoms with Crippen molar-refractivity contribution < 1.29 is 5.21 Å². The average molecular weight is 276 g/mol. The van der Waals surface area contributed by atoms with Gasteiger partial charge in [0.2, 0.25) is 0 Å². The number of piperazine rings is 1. The summed E-state index contributed by atoms with van der Waals surface area (Å²) in [5, 5.41) is 12.0. The number of oxime groups is 1. The zero-order valence-corrected chi connectivity index (χ0v) is 11.6. The fourth-order valence-corrected chi connectivity index (χ4v) is 3.25. The van der Waals surface area contributed by atoms with E-state index in [4.69, 9.17) is 10.9 Å². The molecule has 0 saturated carbocycles. The molecule has 0 aromatic carbocycles. The van der Waals surface area contributed by atoms with E-state index < -0.39 is 0 Å². The maximum atomic E-state index is 8.90. The van der Waals surface area contributed by atoms with E-state index >= 15 is 0 Å². The van der Waals surface area contributed by atoms with Gasteiger partial charge in [0.05, 0.1) is 0 Å². The lowest BCUT2D eigenvalue weighted by molar-refractivity contribution is 0.202. The highest BCUT2D eigenvalue weighted by Crippen LogP contribution is 2.28. The van der Waals surface area contributed by atoms with Gasteiger partial charge in [-0.3, -0.25) is 4.90 Å².